The summed E-state index contributed by atoms with van der Waals surface area (Å²) in [6.07, 6.45) is 6.43. The van der Waals surface area contributed by atoms with Crippen LogP contribution in [0.25, 0.3) is 10.9 Å². The second-order valence-electron chi connectivity index (χ2n) is 8.77. The van der Waals surface area contributed by atoms with Crippen LogP contribution in [-0.4, -0.2) is 31.2 Å². The smallest absolute Gasteiger partial charge is 0.141 e. The number of halogens is 3. The lowest BCUT2D eigenvalue weighted by Crippen LogP contribution is -2.21. The quantitative estimate of drug-likeness (QED) is 0.284. The summed E-state index contributed by atoms with van der Waals surface area (Å²) in [6, 6.07) is 10.2. The molecule has 0 amide bonds. The van der Waals surface area contributed by atoms with Gasteiger partial charge in [-0.1, -0.05) is 28.4 Å². The summed E-state index contributed by atoms with van der Waals surface area (Å²) in [5, 5.41) is 35.4. The Labute approximate surface area is 216 Å². The van der Waals surface area contributed by atoms with E-state index in [1.165, 1.54) is 24.4 Å². The number of hydrogen-bond acceptors (Lipinski definition) is 7. The molecule has 1 saturated carbocycles. The average Bonchev–Trinajstić information content (AvgIpc) is 3.35. The van der Waals surface area contributed by atoms with Gasteiger partial charge in [0.2, 0.25) is 0 Å². The fourth-order valence-corrected chi connectivity index (χ4v) is 4.84. The fourth-order valence-electron chi connectivity index (χ4n) is 4.39. The Morgan fingerprint density at radius 1 is 1.11 bits per heavy atom. The third kappa shape index (κ3) is 5.07. The number of fused-ring (bicyclic) bond motifs is 1. The molecule has 5 rings (SSSR count). The topological polar surface area (TPSA) is 112 Å². The molecule has 1 aliphatic rings. The first-order chi connectivity index (χ1) is 17.4. The van der Waals surface area contributed by atoms with Gasteiger partial charge < -0.3 is 15.7 Å². The number of nitrogens with zero attached hydrogens (tertiary/aromatic N) is 5. The van der Waals surface area contributed by atoms with E-state index in [0.717, 1.165) is 31.4 Å². The first-order valence-electron chi connectivity index (χ1n) is 11.5. The van der Waals surface area contributed by atoms with Crippen LogP contribution >= 0.6 is 23.2 Å². The number of nitrogens with one attached hydrogen (secondary N) is 2. The van der Waals surface area contributed by atoms with Gasteiger partial charge in [0.25, 0.3) is 0 Å². The van der Waals surface area contributed by atoms with Gasteiger partial charge in [-0.05, 0) is 56.0 Å². The van der Waals surface area contributed by atoms with Gasteiger partial charge in [0, 0.05) is 23.0 Å². The molecule has 11 heteroatoms. The highest BCUT2D eigenvalue weighted by molar-refractivity contribution is 6.36. The zero-order valence-electron chi connectivity index (χ0n) is 19.0. The van der Waals surface area contributed by atoms with Crippen LogP contribution in [0.5, 0.6) is 0 Å². The minimum absolute atomic E-state index is 0.0327. The largest absolute Gasteiger partial charge is 0.393 e. The zero-order valence-corrected chi connectivity index (χ0v) is 20.6. The molecule has 0 unspecified atom stereocenters. The van der Waals surface area contributed by atoms with Gasteiger partial charge >= 0.3 is 0 Å². The molecular formula is C25H22Cl2FN7O. The maximum atomic E-state index is 13.6. The molecule has 0 radical (unpaired) electrons. The van der Waals surface area contributed by atoms with Gasteiger partial charge in [-0.25, -0.2) is 9.07 Å². The van der Waals surface area contributed by atoms with Crippen LogP contribution in [0.2, 0.25) is 10.0 Å². The van der Waals surface area contributed by atoms with E-state index in [0.29, 0.717) is 45.1 Å². The summed E-state index contributed by atoms with van der Waals surface area (Å²) in [4.78, 5) is 4.35. The van der Waals surface area contributed by atoms with E-state index in [-0.39, 0.29) is 17.2 Å². The number of aliphatic hydroxyl groups excluding tert-OH is 1. The third-order valence-electron chi connectivity index (χ3n) is 6.31. The summed E-state index contributed by atoms with van der Waals surface area (Å²) < 4.78 is 15.5. The lowest BCUT2D eigenvalue weighted by Gasteiger charge is -2.24. The van der Waals surface area contributed by atoms with Crippen molar-refractivity contribution in [1.82, 2.24) is 20.0 Å². The van der Waals surface area contributed by atoms with Gasteiger partial charge in [0.05, 0.1) is 51.7 Å². The Balaban J connectivity index is 1.40. The number of hydrogen-bond donors (Lipinski definition) is 3. The van der Waals surface area contributed by atoms with Gasteiger partial charge in [-0.3, -0.25) is 4.98 Å². The molecule has 0 saturated heterocycles. The number of anilines is 3. The summed E-state index contributed by atoms with van der Waals surface area (Å²) >= 11 is 12.5. The standard InChI is InChI=1S/C25H22Cl2FN7O/c26-21-8-15(1-6-23(21)28)32-24-14(10-29)11-31-25-20(24)7-16(9-22(25)27)30-12-17-13-35(34-33-17)18-2-4-19(36)5-3-18/h1,6-9,11,13,18-19,30,36H,2-5,12H2,(H,31,32). The Hall–Kier alpha value is -3.45. The van der Waals surface area contributed by atoms with Crippen LogP contribution in [0.1, 0.15) is 43.0 Å². The highest BCUT2D eigenvalue weighted by Crippen LogP contribution is 2.35. The molecule has 1 fully saturated rings. The average molecular weight is 526 g/mol. The second kappa shape index (κ2) is 10.3. The molecule has 2 aromatic carbocycles. The Morgan fingerprint density at radius 2 is 1.89 bits per heavy atom. The lowest BCUT2D eigenvalue weighted by atomic mass is 9.93. The molecule has 0 atom stereocenters. The van der Waals surface area contributed by atoms with E-state index < -0.39 is 5.82 Å². The van der Waals surface area contributed by atoms with Crippen LogP contribution in [-0.2, 0) is 6.54 Å². The molecule has 4 aromatic rings. The molecule has 2 aromatic heterocycles. The van der Waals surface area contributed by atoms with Crippen molar-refractivity contribution in [2.24, 2.45) is 0 Å². The van der Waals surface area contributed by atoms with Gasteiger partial charge in [-0.15, -0.1) is 5.10 Å². The normalized spacial score (nSPS) is 17.6. The maximum Gasteiger partial charge on any atom is 0.141 e. The SMILES string of the molecule is N#Cc1cnc2c(Cl)cc(NCc3cn(C4CCC(O)CC4)nn3)cc2c1Nc1ccc(F)c(Cl)c1. The number of benzene rings is 2. The van der Waals surface area contributed by atoms with Crippen molar-refractivity contribution in [2.75, 3.05) is 10.6 Å². The number of pyridine rings is 1. The molecule has 184 valence electrons. The number of rotatable bonds is 6. The van der Waals surface area contributed by atoms with Crippen LogP contribution in [0, 0.1) is 17.1 Å². The molecule has 1 aliphatic carbocycles. The van der Waals surface area contributed by atoms with E-state index in [1.54, 1.807) is 6.07 Å². The minimum Gasteiger partial charge on any atom is -0.393 e. The summed E-state index contributed by atoms with van der Waals surface area (Å²) in [5.74, 6) is -0.533. The van der Waals surface area contributed by atoms with E-state index >= 15 is 0 Å². The van der Waals surface area contributed by atoms with Crippen LogP contribution in [0.4, 0.5) is 21.5 Å². The second-order valence-corrected chi connectivity index (χ2v) is 9.59. The summed E-state index contributed by atoms with van der Waals surface area (Å²) in [5.41, 5.74) is 3.30. The predicted octanol–water partition coefficient (Wildman–Crippen LogP) is 5.98. The molecule has 0 aliphatic heterocycles. The monoisotopic (exact) mass is 525 g/mol. The molecule has 2 heterocycles. The van der Waals surface area contributed by atoms with Crippen molar-refractivity contribution in [3.05, 3.63) is 69.8 Å². The molecule has 8 nitrogen and oxygen atoms in total. The first-order valence-corrected chi connectivity index (χ1v) is 12.2. The van der Waals surface area contributed by atoms with Crippen LogP contribution in [0.15, 0.2) is 42.7 Å². The number of aliphatic hydroxyl groups is 1. The van der Waals surface area contributed by atoms with Crippen LogP contribution in [0.3, 0.4) is 0 Å². The Morgan fingerprint density at radius 3 is 2.64 bits per heavy atom. The molecule has 36 heavy (non-hydrogen) atoms. The summed E-state index contributed by atoms with van der Waals surface area (Å²) in [6.45, 7) is 0.416. The van der Waals surface area contributed by atoms with Gasteiger partial charge in [-0.2, -0.15) is 5.26 Å². The van der Waals surface area contributed by atoms with Crippen molar-refractivity contribution in [3.8, 4) is 6.07 Å². The van der Waals surface area contributed by atoms with Crippen molar-refractivity contribution in [1.29, 1.82) is 5.26 Å². The Kier molecular flexibility index (Phi) is 6.92. The number of nitriles is 1. The van der Waals surface area contributed by atoms with Crippen LogP contribution < -0.4 is 10.6 Å². The molecule has 3 N–H and O–H groups in total. The highest BCUT2D eigenvalue weighted by Gasteiger charge is 2.22. The fraction of sp³-hybridized carbons (Fsp3) is 0.280. The van der Waals surface area contributed by atoms with Crippen molar-refractivity contribution >= 4 is 51.2 Å². The molecular weight excluding hydrogens is 504 g/mol. The molecule has 0 bridgehead atoms. The van der Waals surface area contributed by atoms with Crippen molar-refractivity contribution in [2.45, 2.75) is 44.4 Å². The van der Waals surface area contributed by atoms with Crippen molar-refractivity contribution < 1.29 is 9.50 Å². The van der Waals surface area contributed by atoms with E-state index in [1.807, 2.05) is 16.9 Å². The number of aromatic nitrogens is 4. The third-order valence-corrected chi connectivity index (χ3v) is 6.88. The highest BCUT2D eigenvalue weighted by atomic mass is 35.5. The lowest BCUT2D eigenvalue weighted by molar-refractivity contribution is 0.107. The van der Waals surface area contributed by atoms with E-state index in [4.69, 9.17) is 23.2 Å². The summed E-state index contributed by atoms with van der Waals surface area (Å²) in [7, 11) is 0. The minimum atomic E-state index is -0.533. The molecule has 0 spiro atoms. The maximum absolute atomic E-state index is 13.6. The predicted molar refractivity (Wildman–Crippen MR) is 137 cm³/mol. The van der Waals surface area contributed by atoms with Crippen molar-refractivity contribution in [3.63, 3.8) is 0 Å². The first kappa shape index (κ1) is 24.3. The van der Waals surface area contributed by atoms with Gasteiger partial charge in [0.1, 0.15) is 17.6 Å². The van der Waals surface area contributed by atoms with E-state index in [9.17, 15) is 14.8 Å². The Bertz CT molecular complexity index is 1460. The zero-order chi connectivity index (χ0) is 25.2. The van der Waals surface area contributed by atoms with Gasteiger partial charge in [0.15, 0.2) is 0 Å². The van der Waals surface area contributed by atoms with E-state index in [2.05, 4.69) is 32.0 Å².